The highest BCUT2D eigenvalue weighted by molar-refractivity contribution is 7.27. The maximum absolute atomic E-state index is 5.47. The minimum atomic E-state index is 0.797. The van der Waals surface area contributed by atoms with Gasteiger partial charge in [0, 0.05) is 15.9 Å². The average molecular weight is 239 g/mol. The van der Waals surface area contributed by atoms with Crippen LogP contribution in [0.3, 0.4) is 0 Å². The number of hydrazine groups is 1. The second-order valence-electron chi connectivity index (χ2n) is 3.13. The molecule has 0 aliphatic carbocycles. The SMILES string of the molecule is CCCN=C(NN)c1cc2sccc2s1. The van der Waals surface area contributed by atoms with E-state index in [2.05, 4.69) is 34.9 Å². The topological polar surface area (TPSA) is 50.4 Å². The van der Waals surface area contributed by atoms with Crippen LogP contribution >= 0.6 is 22.7 Å². The molecule has 3 N–H and O–H groups in total. The van der Waals surface area contributed by atoms with Gasteiger partial charge in [0.2, 0.25) is 0 Å². The van der Waals surface area contributed by atoms with Gasteiger partial charge in [-0.3, -0.25) is 4.99 Å². The monoisotopic (exact) mass is 239 g/mol. The molecule has 15 heavy (non-hydrogen) atoms. The summed E-state index contributed by atoms with van der Waals surface area (Å²) in [5.41, 5.74) is 2.67. The molecule has 2 aromatic heterocycles. The summed E-state index contributed by atoms with van der Waals surface area (Å²) in [6.45, 7) is 2.91. The van der Waals surface area contributed by atoms with Crippen LogP contribution in [0.4, 0.5) is 0 Å². The van der Waals surface area contributed by atoms with Crippen LogP contribution in [-0.2, 0) is 0 Å². The third kappa shape index (κ3) is 2.19. The maximum Gasteiger partial charge on any atom is 0.152 e. The van der Waals surface area contributed by atoms with Gasteiger partial charge in [-0.15, -0.1) is 22.7 Å². The standard InChI is InChI=1S/C10H13N3S2/c1-2-4-12-10(13-11)9-6-8-7(15-9)3-5-14-8/h3,5-6H,2,4,11H2,1H3,(H,12,13). The van der Waals surface area contributed by atoms with Crippen molar-refractivity contribution in [2.24, 2.45) is 10.8 Å². The molecule has 0 saturated heterocycles. The minimum absolute atomic E-state index is 0.797. The van der Waals surface area contributed by atoms with Crippen LogP contribution in [0.2, 0.25) is 0 Å². The maximum atomic E-state index is 5.47. The molecular weight excluding hydrogens is 226 g/mol. The summed E-state index contributed by atoms with van der Waals surface area (Å²) in [5.74, 6) is 6.26. The van der Waals surface area contributed by atoms with Crippen LogP contribution in [0.1, 0.15) is 18.2 Å². The second kappa shape index (κ2) is 4.74. The zero-order valence-electron chi connectivity index (χ0n) is 8.49. The van der Waals surface area contributed by atoms with Crippen LogP contribution in [0, 0.1) is 0 Å². The molecule has 2 rings (SSSR count). The molecule has 2 heterocycles. The number of fused-ring (bicyclic) bond motifs is 1. The van der Waals surface area contributed by atoms with Gasteiger partial charge >= 0.3 is 0 Å². The van der Waals surface area contributed by atoms with Crippen molar-refractivity contribution in [3.8, 4) is 0 Å². The lowest BCUT2D eigenvalue weighted by molar-refractivity contribution is 0.909. The molecule has 0 aliphatic rings. The molecule has 0 amide bonds. The number of hydrogen-bond acceptors (Lipinski definition) is 4. The summed E-state index contributed by atoms with van der Waals surface area (Å²) in [7, 11) is 0. The molecule has 0 fully saturated rings. The van der Waals surface area contributed by atoms with Crippen molar-refractivity contribution < 1.29 is 0 Å². The summed E-state index contributed by atoms with van der Waals surface area (Å²) < 4.78 is 2.60. The first-order valence-electron chi connectivity index (χ1n) is 4.83. The van der Waals surface area contributed by atoms with Crippen molar-refractivity contribution in [2.75, 3.05) is 6.54 Å². The number of aliphatic imine (C=N–C) groups is 1. The van der Waals surface area contributed by atoms with Crippen molar-refractivity contribution in [3.05, 3.63) is 22.4 Å². The Bertz CT molecular complexity index is 441. The number of amidine groups is 1. The van der Waals surface area contributed by atoms with Crippen molar-refractivity contribution in [3.63, 3.8) is 0 Å². The van der Waals surface area contributed by atoms with Crippen molar-refractivity contribution in [1.82, 2.24) is 5.43 Å². The Morgan fingerprint density at radius 1 is 1.53 bits per heavy atom. The van der Waals surface area contributed by atoms with Crippen molar-refractivity contribution in [1.29, 1.82) is 0 Å². The van der Waals surface area contributed by atoms with E-state index < -0.39 is 0 Å². The summed E-state index contributed by atoms with van der Waals surface area (Å²) in [5, 5.41) is 2.10. The minimum Gasteiger partial charge on any atom is -0.308 e. The smallest absolute Gasteiger partial charge is 0.152 e. The highest BCUT2D eigenvalue weighted by Crippen LogP contribution is 2.29. The van der Waals surface area contributed by atoms with E-state index in [1.54, 1.807) is 22.7 Å². The zero-order chi connectivity index (χ0) is 10.7. The quantitative estimate of drug-likeness (QED) is 0.374. The fourth-order valence-electron chi connectivity index (χ4n) is 1.30. The Balaban J connectivity index is 2.32. The predicted octanol–water partition coefficient (Wildman–Crippen LogP) is 2.58. The number of nitrogens with two attached hydrogens (primary N) is 1. The van der Waals surface area contributed by atoms with Crippen LogP contribution in [0.15, 0.2) is 22.5 Å². The molecule has 5 heteroatoms. The number of rotatable bonds is 3. The summed E-state index contributed by atoms with van der Waals surface area (Å²) in [6.07, 6.45) is 1.03. The van der Waals surface area contributed by atoms with Crippen LogP contribution in [-0.4, -0.2) is 12.4 Å². The van der Waals surface area contributed by atoms with E-state index in [9.17, 15) is 0 Å². The van der Waals surface area contributed by atoms with Gasteiger partial charge in [0.05, 0.1) is 4.88 Å². The van der Waals surface area contributed by atoms with E-state index in [-0.39, 0.29) is 0 Å². The highest BCUT2D eigenvalue weighted by atomic mass is 32.1. The zero-order valence-corrected chi connectivity index (χ0v) is 10.1. The van der Waals surface area contributed by atoms with E-state index in [1.807, 2.05) is 0 Å². The Morgan fingerprint density at radius 3 is 3.07 bits per heavy atom. The second-order valence-corrected chi connectivity index (χ2v) is 5.17. The van der Waals surface area contributed by atoms with Crippen LogP contribution < -0.4 is 11.3 Å². The summed E-state index contributed by atoms with van der Waals surface area (Å²) in [4.78, 5) is 5.52. The average Bonchev–Trinajstić information content (AvgIpc) is 2.79. The molecule has 0 radical (unpaired) electrons. The molecule has 0 atom stereocenters. The third-order valence-electron chi connectivity index (χ3n) is 2.00. The molecule has 0 unspecified atom stereocenters. The van der Waals surface area contributed by atoms with Gasteiger partial charge in [-0.25, -0.2) is 5.84 Å². The van der Waals surface area contributed by atoms with Crippen LogP contribution in [0.5, 0.6) is 0 Å². The number of nitrogens with zero attached hydrogens (tertiary/aromatic N) is 1. The summed E-state index contributed by atoms with van der Waals surface area (Å²) >= 11 is 3.47. The van der Waals surface area contributed by atoms with Gasteiger partial charge in [0.15, 0.2) is 5.84 Å². The molecule has 0 aromatic carbocycles. The molecule has 0 bridgehead atoms. The fraction of sp³-hybridized carbons (Fsp3) is 0.300. The Labute approximate surface area is 96.6 Å². The van der Waals surface area contributed by atoms with Gasteiger partial charge in [0.1, 0.15) is 0 Å². The molecule has 0 saturated carbocycles. The van der Waals surface area contributed by atoms with Crippen LogP contribution in [0.25, 0.3) is 9.40 Å². The normalized spacial score (nSPS) is 12.3. The van der Waals surface area contributed by atoms with E-state index >= 15 is 0 Å². The first kappa shape index (κ1) is 10.6. The lowest BCUT2D eigenvalue weighted by atomic mass is 10.4. The Hall–Kier alpha value is -0.910. The van der Waals surface area contributed by atoms with Gasteiger partial charge in [-0.05, 0) is 23.9 Å². The van der Waals surface area contributed by atoms with E-state index in [0.29, 0.717) is 0 Å². The number of hydrogen-bond donors (Lipinski definition) is 2. The molecule has 0 spiro atoms. The molecular formula is C10H13N3S2. The highest BCUT2D eigenvalue weighted by Gasteiger charge is 2.07. The van der Waals surface area contributed by atoms with Crippen molar-refractivity contribution >= 4 is 37.9 Å². The van der Waals surface area contributed by atoms with Crippen molar-refractivity contribution in [2.45, 2.75) is 13.3 Å². The summed E-state index contributed by atoms with van der Waals surface area (Å²) in [6, 6.07) is 4.27. The van der Waals surface area contributed by atoms with E-state index in [0.717, 1.165) is 23.7 Å². The molecule has 3 nitrogen and oxygen atoms in total. The molecule has 80 valence electrons. The number of thiophene rings is 2. The Morgan fingerprint density at radius 2 is 2.40 bits per heavy atom. The van der Waals surface area contributed by atoms with Gasteiger partial charge in [0.25, 0.3) is 0 Å². The third-order valence-corrected chi connectivity index (χ3v) is 4.10. The Kier molecular flexibility index (Phi) is 3.35. The van der Waals surface area contributed by atoms with E-state index in [1.165, 1.54) is 9.40 Å². The first-order chi connectivity index (χ1) is 7.35. The molecule has 0 aliphatic heterocycles. The lowest BCUT2D eigenvalue weighted by Gasteiger charge is -2.01. The first-order valence-corrected chi connectivity index (χ1v) is 6.53. The number of nitrogens with one attached hydrogen (secondary N) is 1. The molecule has 2 aromatic rings. The predicted molar refractivity (Wildman–Crippen MR) is 68.7 cm³/mol. The largest absolute Gasteiger partial charge is 0.308 e. The van der Waals surface area contributed by atoms with Gasteiger partial charge < -0.3 is 5.43 Å². The van der Waals surface area contributed by atoms with E-state index in [4.69, 9.17) is 5.84 Å². The fourth-order valence-corrected chi connectivity index (χ4v) is 3.38. The van der Waals surface area contributed by atoms with Gasteiger partial charge in [-0.1, -0.05) is 6.92 Å². The lowest BCUT2D eigenvalue weighted by Crippen LogP contribution is -2.30. The van der Waals surface area contributed by atoms with Gasteiger partial charge in [-0.2, -0.15) is 0 Å².